The Morgan fingerprint density at radius 3 is 1.39 bits per heavy atom. The monoisotopic (exact) mass is 296 g/mol. The molecule has 0 nitrogen and oxygen atoms in total. The van der Waals surface area contributed by atoms with Gasteiger partial charge in [-0.05, 0) is 46.6 Å². The van der Waals surface area contributed by atoms with Gasteiger partial charge in [0.15, 0.2) is 4.21 Å². The topological polar surface area (TPSA) is 0 Å². The van der Waals surface area contributed by atoms with Crippen LogP contribution in [0.2, 0.25) is 0 Å². The van der Waals surface area contributed by atoms with Gasteiger partial charge in [-0.1, -0.05) is 71.3 Å². The molecule has 0 saturated carbocycles. The van der Waals surface area contributed by atoms with E-state index in [0.717, 1.165) is 22.1 Å². The number of aryl methyl sites for hydroxylation is 2. The lowest BCUT2D eigenvalue weighted by Crippen LogP contribution is -2.14. The second-order valence-corrected chi connectivity index (χ2v) is 6.43. The summed E-state index contributed by atoms with van der Waals surface area (Å²) in [4.78, 5) is 0. The van der Waals surface area contributed by atoms with Gasteiger partial charge in [0.05, 0.1) is 0 Å². The van der Waals surface area contributed by atoms with Crippen molar-refractivity contribution >= 4 is 33.3 Å². The van der Waals surface area contributed by atoms with Crippen molar-refractivity contribution in [2.45, 2.75) is 18.1 Å². The average molecular weight is 297 g/mol. The quantitative estimate of drug-likeness (QED) is 0.661. The molecule has 0 amide bonds. The van der Waals surface area contributed by atoms with Crippen LogP contribution in [0.3, 0.4) is 0 Å². The summed E-state index contributed by atoms with van der Waals surface area (Å²) >= 11 is 6.71. The zero-order valence-electron chi connectivity index (χ0n) is 10.3. The molecule has 0 radical (unpaired) electrons. The third-order valence-electron chi connectivity index (χ3n) is 2.95. The van der Waals surface area contributed by atoms with Crippen LogP contribution in [0.1, 0.15) is 22.3 Å². The molecule has 0 heterocycles. The Bertz CT molecular complexity index is 472. The van der Waals surface area contributed by atoms with Crippen LogP contribution in [0.5, 0.6) is 0 Å². The number of halogens is 2. The molecule has 18 heavy (non-hydrogen) atoms. The molecule has 2 rings (SSSR count). The van der Waals surface area contributed by atoms with E-state index in [2.05, 4.69) is 13.8 Å². The molecular formula is C15H14Cl2S. The number of hydrogen-bond acceptors (Lipinski definition) is 1. The highest BCUT2D eigenvalue weighted by Gasteiger charge is 2.32. The largest absolute Gasteiger partial charge is 0.154 e. The van der Waals surface area contributed by atoms with Crippen LogP contribution < -0.4 is 0 Å². The molecule has 0 fully saturated rings. The highest BCUT2D eigenvalue weighted by Crippen LogP contribution is 2.48. The minimum absolute atomic E-state index is 0.733. The summed E-state index contributed by atoms with van der Waals surface area (Å²) in [5, 5.41) is 0. The first kappa shape index (κ1) is 13.8. The standard InChI is InChI=1S/C15H14Cl2S/c1-11-3-7-13(8-4-11)15(16,18-17)14-9-5-12(2)6-10-14/h3-10H,1-2H3. The Labute approximate surface area is 122 Å². The first-order valence-corrected chi connectivity index (χ1v) is 7.71. The second kappa shape index (κ2) is 5.56. The summed E-state index contributed by atoms with van der Waals surface area (Å²) in [7, 11) is 7.17. The lowest BCUT2D eigenvalue weighted by Gasteiger charge is -2.24. The molecule has 2 aromatic carbocycles. The van der Waals surface area contributed by atoms with Crippen LogP contribution >= 0.6 is 33.3 Å². The van der Waals surface area contributed by atoms with Gasteiger partial charge in [-0.2, -0.15) is 0 Å². The molecule has 0 saturated heterocycles. The highest BCUT2D eigenvalue weighted by atomic mass is 35.7. The number of hydrogen-bond donors (Lipinski definition) is 0. The molecule has 0 spiro atoms. The summed E-state index contributed by atoms with van der Waals surface area (Å²) in [6.45, 7) is 4.11. The lowest BCUT2D eigenvalue weighted by molar-refractivity contribution is 1.06. The third-order valence-corrected chi connectivity index (χ3v) is 5.24. The molecule has 0 aliphatic heterocycles. The van der Waals surface area contributed by atoms with E-state index in [1.165, 1.54) is 11.1 Å². The zero-order chi connectivity index (χ0) is 13.2. The Balaban J connectivity index is 2.47. The van der Waals surface area contributed by atoms with Crippen molar-refractivity contribution < 1.29 is 0 Å². The van der Waals surface area contributed by atoms with Gasteiger partial charge in [0.25, 0.3) is 0 Å². The fourth-order valence-corrected chi connectivity index (χ4v) is 3.03. The van der Waals surface area contributed by atoms with Crippen LogP contribution in [0, 0.1) is 13.8 Å². The molecule has 3 heteroatoms. The maximum Gasteiger partial charge on any atom is 0.154 e. The van der Waals surface area contributed by atoms with E-state index in [4.69, 9.17) is 22.3 Å². The van der Waals surface area contributed by atoms with E-state index < -0.39 is 4.21 Å². The summed E-state index contributed by atoms with van der Waals surface area (Å²) in [6.07, 6.45) is 0. The van der Waals surface area contributed by atoms with Crippen LogP contribution in [0.15, 0.2) is 48.5 Å². The predicted molar refractivity (Wildman–Crippen MR) is 82.4 cm³/mol. The molecule has 94 valence electrons. The van der Waals surface area contributed by atoms with Crippen molar-refractivity contribution in [3.8, 4) is 0 Å². The van der Waals surface area contributed by atoms with Gasteiger partial charge in [0.1, 0.15) is 0 Å². The summed E-state index contributed by atoms with van der Waals surface area (Å²) in [6, 6.07) is 16.3. The van der Waals surface area contributed by atoms with Crippen LogP contribution in [-0.4, -0.2) is 0 Å². The van der Waals surface area contributed by atoms with Gasteiger partial charge in [-0.25, -0.2) is 0 Å². The first-order chi connectivity index (χ1) is 8.56. The van der Waals surface area contributed by atoms with Crippen LogP contribution in [0.25, 0.3) is 0 Å². The van der Waals surface area contributed by atoms with E-state index in [1.54, 1.807) is 0 Å². The Hall–Kier alpha value is -0.630. The molecule has 0 N–H and O–H groups in total. The molecule has 2 aromatic rings. The SMILES string of the molecule is Cc1ccc(C(Cl)(SCl)c2ccc(C)cc2)cc1. The number of alkyl halides is 1. The smallest absolute Gasteiger partial charge is 0.0954 e. The van der Waals surface area contributed by atoms with Crippen molar-refractivity contribution in [1.82, 2.24) is 0 Å². The minimum Gasteiger partial charge on any atom is -0.0954 e. The number of benzene rings is 2. The van der Waals surface area contributed by atoms with E-state index in [1.807, 2.05) is 48.5 Å². The number of rotatable bonds is 3. The van der Waals surface area contributed by atoms with Crippen LogP contribution in [0.4, 0.5) is 0 Å². The molecular weight excluding hydrogens is 283 g/mol. The fourth-order valence-electron chi connectivity index (χ4n) is 1.79. The summed E-state index contributed by atoms with van der Waals surface area (Å²) < 4.78 is -0.733. The Kier molecular flexibility index (Phi) is 4.26. The van der Waals surface area contributed by atoms with Crippen molar-refractivity contribution in [2.75, 3.05) is 0 Å². The highest BCUT2D eigenvalue weighted by molar-refractivity contribution is 8.22. The molecule has 0 bridgehead atoms. The summed E-state index contributed by atoms with van der Waals surface area (Å²) in [5.41, 5.74) is 4.42. The van der Waals surface area contributed by atoms with Crippen molar-refractivity contribution in [2.24, 2.45) is 0 Å². The molecule has 0 aromatic heterocycles. The van der Waals surface area contributed by atoms with Gasteiger partial charge >= 0.3 is 0 Å². The maximum absolute atomic E-state index is 6.71. The van der Waals surface area contributed by atoms with E-state index in [-0.39, 0.29) is 0 Å². The Morgan fingerprint density at radius 1 is 0.778 bits per heavy atom. The normalized spacial score (nSPS) is 11.6. The second-order valence-electron chi connectivity index (χ2n) is 4.40. The van der Waals surface area contributed by atoms with Gasteiger partial charge in [-0.3, -0.25) is 0 Å². The van der Waals surface area contributed by atoms with Crippen molar-refractivity contribution in [3.63, 3.8) is 0 Å². The third kappa shape index (κ3) is 2.69. The average Bonchev–Trinajstić information content (AvgIpc) is 2.39. The summed E-state index contributed by atoms with van der Waals surface area (Å²) in [5.74, 6) is 0. The van der Waals surface area contributed by atoms with Gasteiger partial charge in [0.2, 0.25) is 0 Å². The molecule has 0 aliphatic carbocycles. The van der Waals surface area contributed by atoms with E-state index in [0.29, 0.717) is 0 Å². The predicted octanol–water partition coefficient (Wildman–Crippen LogP) is 5.63. The maximum atomic E-state index is 6.71. The van der Waals surface area contributed by atoms with Gasteiger partial charge in [-0.15, -0.1) is 0 Å². The fraction of sp³-hybridized carbons (Fsp3) is 0.200. The first-order valence-electron chi connectivity index (χ1n) is 5.69. The lowest BCUT2D eigenvalue weighted by atomic mass is 10.0. The van der Waals surface area contributed by atoms with E-state index >= 15 is 0 Å². The molecule has 0 unspecified atom stereocenters. The van der Waals surface area contributed by atoms with Crippen molar-refractivity contribution in [3.05, 3.63) is 70.8 Å². The zero-order valence-corrected chi connectivity index (χ0v) is 12.6. The Morgan fingerprint density at radius 2 is 1.11 bits per heavy atom. The minimum atomic E-state index is -0.733. The van der Waals surface area contributed by atoms with E-state index in [9.17, 15) is 0 Å². The molecule has 0 aliphatic rings. The van der Waals surface area contributed by atoms with Crippen molar-refractivity contribution in [1.29, 1.82) is 0 Å². The van der Waals surface area contributed by atoms with Crippen LogP contribution in [-0.2, 0) is 4.21 Å². The molecule has 0 atom stereocenters. The van der Waals surface area contributed by atoms with Gasteiger partial charge in [0, 0.05) is 0 Å². The van der Waals surface area contributed by atoms with Gasteiger partial charge < -0.3 is 0 Å².